The van der Waals surface area contributed by atoms with Crippen LogP contribution in [0.2, 0.25) is 0 Å². The maximum Gasteiger partial charge on any atom is 0.142 e. The van der Waals surface area contributed by atoms with Crippen LogP contribution in [0.5, 0.6) is 5.75 Å². The number of rotatable bonds is 3. The molecule has 0 fully saturated rings. The molecule has 0 radical (unpaired) electrons. The number of fused-ring (bicyclic) bond motifs is 2. The summed E-state index contributed by atoms with van der Waals surface area (Å²) in [5, 5.41) is 7.05. The molecular formula is C23H24N4O. The number of aromatic nitrogens is 2. The fourth-order valence-electron chi connectivity index (χ4n) is 4.17. The van der Waals surface area contributed by atoms with Gasteiger partial charge >= 0.3 is 0 Å². The van der Waals surface area contributed by atoms with E-state index in [-0.39, 0.29) is 0 Å². The number of anilines is 2. The van der Waals surface area contributed by atoms with Crippen molar-refractivity contribution in [2.45, 2.75) is 32.2 Å². The Balaban J connectivity index is 1.46. The molecule has 1 aromatic heterocycles. The van der Waals surface area contributed by atoms with Crippen molar-refractivity contribution in [3.8, 4) is 17.0 Å². The molecule has 0 amide bonds. The van der Waals surface area contributed by atoms with Crippen LogP contribution in [0.1, 0.15) is 35.8 Å². The molecule has 1 aliphatic carbocycles. The Labute approximate surface area is 165 Å². The molecule has 2 heterocycles. The SMILES string of the molecule is Cc1nc(N[C@@H]2CCCc3ccccc32)cc(-c2ccc3c(c2)NCCO3)n1. The molecule has 0 unspecified atom stereocenters. The van der Waals surface area contributed by atoms with Gasteiger partial charge in [-0.3, -0.25) is 0 Å². The Morgan fingerprint density at radius 3 is 3.00 bits per heavy atom. The summed E-state index contributed by atoms with van der Waals surface area (Å²) in [6.07, 6.45) is 3.48. The molecular weight excluding hydrogens is 348 g/mol. The van der Waals surface area contributed by atoms with Gasteiger partial charge in [0, 0.05) is 18.2 Å². The van der Waals surface area contributed by atoms with E-state index in [0.717, 1.165) is 53.7 Å². The van der Waals surface area contributed by atoms with Gasteiger partial charge < -0.3 is 15.4 Å². The third-order valence-electron chi connectivity index (χ3n) is 5.48. The predicted molar refractivity (Wildman–Crippen MR) is 112 cm³/mol. The van der Waals surface area contributed by atoms with Crippen LogP contribution in [0, 0.1) is 6.92 Å². The minimum absolute atomic E-state index is 0.297. The van der Waals surface area contributed by atoms with Gasteiger partial charge in [-0.2, -0.15) is 0 Å². The highest BCUT2D eigenvalue weighted by atomic mass is 16.5. The Bertz CT molecular complexity index is 1020. The molecule has 1 aliphatic heterocycles. The van der Waals surface area contributed by atoms with Crippen LogP contribution in [-0.4, -0.2) is 23.1 Å². The zero-order valence-corrected chi connectivity index (χ0v) is 16.0. The van der Waals surface area contributed by atoms with Crippen molar-refractivity contribution < 1.29 is 4.74 Å². The Kier molecular flexibility index (Phi) is 4.35. The molecule has 2 aromatic carbocycles. The topological polar surface area (TPSA) is 59.1 Å². The van der Waals surface area contributed by atoms with Crippen molar-refractivity contribution in [2.75, 3.05) is 23.8 Å². The molecule has 1 atom stereocenters. The predicted octanol–water partition coefficient (Wildman–Crippen LogP) is 4.75. The summed E-state index contributed by atoms with van der Waals surface area (Å²) in [6.45, 7) is 3.48. The van der Waals surface area contributed by atoms with Gasteiger partial charge in [0.05, 0.1) is 17.4 Å². The Morgan fingerprint density at radius 2 is 2.04 bits per heavy atom. The van der Waals surface area contributed by atoms with Crippen LogP contribution >= 0.6 is 0 Å². The number of hydrogen-bond acceptors (Lipinski definition) is 5. The second-order valence-corrected chi connectivity index (χ2v) is 7.46. The standard InChI is InChI=1S/C23H24N4O/c1-15-25-20(17-9-10-22-21(13-17)24-11-12-28-22)14-23(26-15)27-19-8-4-6-16-5-2-3-7-18(16)19/h2-3,5,7,9-10,13-14,19,24H,4,6,8,11-12H2,1H3,(H,25,26,27)/t19-/m1/s1. The first-order valence-electron chi connectivity index (χ1n) is 9.97. The summed E-state index contributed by atoms with van der Waals surface area (Å²) >= 11 is 0. The molecule has 0 saturated heterocycles. The zero-order valence-electron chi connectivity index (χ0n) is 16.0. The van der Waals surface area contributed by atoms with E-state index in [1.165, 1.54) is 17.5 Å². The highest BCUT2D eigenvalue weighted by molar-refractivity contribution is 5.71. The van der Waals surface area contributed by atoms with E-state index in [1.807, 2.05) is 13.0 Å². The molecule has 2 N–H and O–H groups in total. The number of hydrogen-bond donors (Lipinski definition) is 2. The van der Waals surface area contributed by atoms with Crippen LogP contribution < -0.4 is 15.4 Å². The lowest BCUT2D eigenvalue weighted by atomic mass is 9.88. The molecule has 0 spiro atoms. The molecule has 142 valence electrons. The molecule has 3 aromatic rings. The van der Waals surface area contributed by atoms with Gasteiger partial charge in [-0.05, 0) is 55.5 Å². The van der Waals surface area contributed by atoms with Crippen molar-refractivity contribution >= 4 is 11.5 Å². The highest BCUT2D eigenvalue weighted by Crippen LogP contribution is 2.34. The molecule has 2 aliphatic rings. The third kappa shape index (κ3) is 3.28. The summed E-state index contributed by atoms with van der Waals surface area (Å²) in [5.74, 6) is 2.55. The van der Waals surface area contributed by atoms with Gasteiger partial charge in [-0.15, -0.1) is 0 Å². The zero-order chi connectivity index (χ0) is 18.9. The van der Waals surface area contributed by atoms with Gasteiger partial charge in [0.1, 0.15) is 24.0 Å². The number of aryl methyl sites for hydroxylation is 2. The molecule has 0 saturated carbocycles. The van der Waals surface area contributed by atoms with Crippen molar-refractivity contribution in [3.05, 3.63) is 65.5 Å². The maximum atomic E-state index is 5.69. The van der Waals surface area contributed by atoms with Gasteiger partial charge in [0.25, 0.3) is 0 Å². The lowest BCUT2D eigenvalue weighted by Crippen LogP contribution is -2.18. The fraction of sp³-hybridized carbons (Fsp3) is 0.304. The molecule has 5 rings (SSSR count). The first-order chi connectivity index (χ1) is 13.8. The lowest BCUT2D eigenvalue weighted by molar-refractivity contribution is 0.323. The Morgan fingerprint density at radius 1 is 1.11 bits per heavy atom. The van der Waals surface area contributed by atoms with Crippen molar-refractivity contribution in [1.29, 1.82) is 0 Å². The minimum atomic E-state index is 0.297. The van der Waals surface area contributed by atoms with E-state index >= 15 is 0 Å². The van der Waals surface area contributed by atoms with Crippen molar-refractivity contribution in [1.82, 2.24) is 9.97 Å². The molecule has 5 nitrogen and oxygen atoms in total. The van der Waals surface area contributed by atoms with Crippen LogP contribution in [0.4, 0.5) is 11.5 Å². The normalized spacial score (nSPS) is 17.7. The van der Waals surface area contributed by atoms with E-state index in [2.05, 4.69) is 63.1 Å². The number of benzene rings is 2. The summed E-state index contributed by atoms with van der Waals surface area (Å²) in [7, 11) is 0. The van der Waals surface area contributed by atoms with Crippen molar-refractivity contribution in [2.24, 2.45) is 0 Å². The van der Waals surface area contributed by atoms with Gasteiger partial charge in [-0.25, -0.2) is 9.97 Å². The highest BCUT2D eigenvalue weighted by Gasteiger charge is 2.20. The number of ether oxygens (including phenoxy) is 1. The Hall–Kier alpha value is -3.08. The first kappa shape index (κ1) is 17.0. The second-order valence-electron chi connectivity index (χ2n) is 7.46. The number of nitrogens with zero attached hydrogens (tertiary/aromatic N) is 2. The van der Waals surface area contributed by atoms with E-state index in [4.69, 9.17) is 4.74 Å². The molecule has 28 heavy (non-hydrogen) atoms. The van der Waals surface area contributed by atoms with E-state index in [1.54, 1.807) is 0 Å². The smallest absolute Gasteiger partial charge is 0.142 e. The summed E-state index contributed by atoms with van der Waals surface area (Å²) in [6, 6.07) is 17.3. The largest absolute Gasteiger partial charge is 0.490 e. The maximum absolute atomic E-state index is 5.69. The van der Waals surface area contributed by atoms with Crippen LogP contribution in [0.15, 0.2) is 48.5 Å². The average molecular weight is 372 g/mol. The summed E-state index contributed by atoms with van der Waals surface area (Å²) < 4.78 is 5.69. The van der Waals surface area contributed by atoms with E-state index in [0.29, 0.717) is 12.6 Å². The van der Waals surface area contributed by atoms with Gasteiger partial charge in [0.2, 0.25) is 0 Å². The quantitative estimate of drug-likeness (QED) is 0.695. The second kappa shape index (κ2) is 7.15. The van der Waals surface area contributed by atoms with E-state index in [9.17, 15) is 0 Å². The molecule has 5 heteroatoms. The van der Waals surface area contributed by atoms with Crippen molar-refractivity contribution in [3.63, 3.8) is 0 Å². The first-order valence-corrected chi connectivity index (χ1v) is 9.97. The van der Waals surface area contributed by atoms with Crippen LogP contribution in [0.25, 0.3) is 11.3 Å². The van der Waals surface area contributed by atoms with Crippen LogP contribution in [-0.2, 0) is 6.42 Å². The van der Waals surface area contributed by atoms with Crippen LogP contribution in [0.3, 0.4) is 0 Å². The van der Waals surface area contributed by atoms with Gasteiger partial charge in [-0.1, -0.05) is 24.3 Å². The summed E-state index contributed by atoms with van der Waals surface area (Å²) in [4.78, 5) is 9.32. The summed E-state index contributed by atoms with van der Waals surface area (Å²) in [5.41, 5.74) is 5.85. The average Bonchev–Trinajstić information content (AvgIpc) is 2.73. The fourth-order valence-corrected chi connectivity index (χ4v) is 4.17. The van der Waals surface area contributed by atoms with Gasteiger partial charge in [0.15, 0.2) is 0 Å². The number of nitrogens with one attached hydrogen (secondary N) is 2. The minimum Gasteiger partial charge on any atom is -0.490 e. The lowest BCUT2D eigenvalue weighted by Gasteiger charge is -2.27. The molecule has 0 bridgehead atoms. The third-order valence-corrected chi connectivity index (χ3v) is 5.48. The van der Waals surface area contributed by atoms with E-state index < -0.39 is 0 Å². The monoisotopic (exact) mass is 372 g/mol.